The zero-order valence-electron chi connectivity index (χ0n) is 10.3. The molecule has 0 bridgehead atoms. The molecule has 3 rings (SSSR count). The minimum atomic E-state index is 0.0393. The SMILES string of the molecule is Cc1c(Cl)cccc1C(=O)c1csc2ccccc12. The number of ketones is 1. The van der Waals surface area contributed by atoms with Gasteiger partial charge in [-0.15, -0.1) is 11.3 Å². The molecule has 1 aromatic heterocycles. The van der Waals surface area contributed by atoms with E-state index in [1.54, 1.807) is 17.4 Å². The lowest BCUT2D eigenvalue weighted by molar-refractivity contribution is 0.104. The third-order valence-corrected chi connectivity index (χ3v) is 4.61. The van der Waals surface area contributed by atoms with E-state index in [0.29, 0.717) is 10.6 Å². The van der Waals surface area contributed by atoms with Crippen molar-refractivity contribution >= 4 is 38.8 Å². The molecule has 3 aromatic rings. The highest BCUT2D eigenvalue weighted by Gasteiger charge is 2.16. The van der Waals surface area contributed by atoms with Gasteiger partial charge in [0.1, 0.15) is 0 Å². The van der Waals surface area contributed by atoms with Crippen molar-refractivity contribution in [3.8, 4) is 0 Å². The highest BCUT2D eigenvalue weighted by molar-refractivity contribution is 7.17. The third-order valence-electron chi connectivity index (χ3n) is 3.24. The highest BCUT2D eigenvalue weighted by Crippen LogP contribution is 2.29. The zero-order chi connectivity index (χ0) is 13.4. The molecule has 0 saturated carbocycles. The number of carbonyl (C=O) groups excluding carboxylic acids is 1. The van der Waals surface area contributed by atoms with Crippen LogP contribution in [0.4, 0.5) is 0 Å². The van der Waals surface area contributed by atoms with E-state index in [1.807, 2.05) is 48.7 Å². The van der Waals surface area contributed by atoms with Crippen LogP contribution in [0.1, 0.15) is 21.5 Å². The minimum absolute atomic E-state index is 0.0393. The number of hydrogen-bond donors (Lipinski definition) is 0. The maximum atomic E-state index is 12.6. The van der Waals surface area contributed by atoms with Gasteiger partial charge in [-0.25, -0.2) is 0 Å². The summed E-state index contributed by atoms with van der Waals surface area (Å²) in [4.78, 5) is 12.6. The second-order valence-corrected chi connectivity index (χ2v) is 5.71. The van der Waals surface area contributed by atoms with Gasteiger partial charge in [0.2, 0.25) is 0 Å². The van der Waals surface area contributed by atoms with Crippen LogP contribution in [0.3, 0.4) is 0 Å². The maximum absolute atomic E-state index is 12.6. The molecule has 0 fully saturated rings. The number of halogens is 1. The fourth-order valence-electron chi connectivity index (χ4n) is 2.15. The first-order valence-electron chi connectivity index (χ1n) is 5.94. The van der Waals surface area contributed by atoms with Gasteiger partial charge in [-0.3, -0.25) is 4.79 Å². The first-order valence-corrected chi connectivity index (χ1v) is 7.20. The van der Waals surface area contributed by atoms with Crippen molar-refractivity contribution in [1.29, 1.82) is 0 Å². The van der Waals surface area contributed by atoms with Crippen LogP contribution in [0, 0.1) is 6.92 Å². The molecule has 94 valence electrons. The molecule has 0 aliphatic heterocycles. The average molecular weight is 287 g/mol. The van der Waals surface area contributed by atoms with Crippen LogP contribution < -0.4 is 0 Å². The van der Waals surface area contributed by atoms with Gasteiger partial charge in [0, 0.05) is 31.6 Å². The first kappa shape index (κ1) is 12.4. The van der Waals surface area contributed by atoms with Crippen LogP contribution in [-0.2, 0) is 0 Å². The molecule has 0 aliphatic carbocycles. The minimum Gasteiger partial charge on any atom is -0.289 e. The van der Waals surface area contributed by atoms with E-state index in [1.165, 1.54) is 0 Å². The number of carbonyl (C=O) groups is 1. The van der Waals surface area contributed by atoms with Gasteiger partial charge in [-0.05, 0) is 24.6 Å². The summed E-state index contributed by atoms with van der Waals surface area (Å²) in [6.07, 6.45) is 0. The van der Waals surface area contributed by atoms with Gasteiger partial charge in [0.25, 0.3) is 0 Å². The molecule has 0 N–H and O–H groups in total. The number of hydrogen-bond acceptors (Lipinski definition) is 2. The van der Waals surface area contributed by atoms with Gasteiger partial charge in [-0.1, -0.05) is 41.9 Å². The van der Waals surface area contributed by atoms with Crippen LogP contribution in [0.2, 0.25) is 5.02 Å². The Morgan fingerprint density at radius 3 is 2.68 bits per heavy atom. The van der Waals surface area contributed by atoms with Crippen molar-refractivity contribution in [2.75, 3.05) is 0 Å². The van der Waals surface area contributed by atoms with Crippen LogP contribution in [-0.4, -0.2) is 5.78 Å². The van der Waals surface area contributed by atoms with Gasteiger partial charge < -0.3 is 0 Å². The molecular weight excluding hydrogens is 276 g/mol. The fourth-order valence-corrected chi connectivity index (χ4v) is 3.27. The Balaban J connectivity index is 2.17. The van der Waals surface area contributed by atoms with E-state index >= 15 is 0 Å². The van der Waals surface area contributed by atoms with E-state index in [-0.39, 0.29) is 5.78 Å². The molecule has 0 radical (unpaired) electrons. The van der Waals surface area contributed by atoms with Gasteiger partial charge in [0.15, 0.2) is 5.78 Å². The Morgan fingerprint density at radius 2 is 1.84 bits per heavy atom. The summed E-state index contributed by atoms with van der Waals surface area (Å²) in [5, 5.41) is 3.56. The Bertz CT molecular complexity index is 773. The molecule has 0 saturated heterocycles. The number of rotatable bonds is 2. The summed E-state index contributed by atoms with van der Waals surface area (Å²) in [6.45, 7) is 1.88. The molecule has 0 unspecified atom stereocenters. The predicted molar refractivity (Wildman–Crippen MR) is 81.4 cm³/mol. The molecule has 0 aliphatic rings. The van der Waals surface area contributed by atoms with Crippen LogP contribution >= 0.6 is 22.9 Å². The number of fused-ring (bicyclic) bond motifs is 1. The summed E-state index contributed by atoms with van der Waals surface area (Å²) in [5.74, 6) is 0.0393. The van der Waals surface area contributed by atoms with Crippen molar-refractivity contribution in [3.63, 3.8) is 0 Å². The van der Waals surface area contributed by atoms with E-state index in [2.05, 4.69) is 0 Å². The summed E-state index contributed by atoms with van der Waals surface area (Å²) in [7, 11) is 0. The Hall–Kier alpha value is -1.64. The highest BCUT2D eigenvalue weighted by atomic mass is 35.5. The average Bonchev–Trinajstić information content (AvgIpc) is 2.85. The van der Waals surface area contributed by atoms with E-state index in [0.717, 1.165) is 21.2 Å². The molecule has 2 aromatic carbocycles. The largest absolute Gasteiger partial charge is 0.289 e. The van der Waals surface area contributed by atoms with Crippen molar-refractivity contribution < 1.29 is 4.79 Å². The number of thiophene rings is 1. The van der Waals surface area contributed by atoms with Gasteiger partial charge in [0.05, 0.1) is 0 Å². The standard InChI is InChI=1S/C16H11ClOS/c1-10-11(6-4-7-14(10)17)16(18)13-9-19-15-8-3-2-5-12(13)15/h2-9H,1H3. The van der Waals surface area contributed by atoms with Crippen molar-refractivity contribution in [3.05, 3.63) is 69.6 Å². The molecule has 0 spiro atoms. The maximum Gasteiger partial charge on any atom is 0.194 e. The fraction of sp³-hybridized carbons (Fsp3) is 0.0625. The third kappa shape index (κ3) is 2.07. The Kier molecular flexibility index (Phi) is 3.13. The molecular formula is C16H11ClOS. The molecule has 0 atom stereocenters. The quantitative estimate of drug-likeness (QED) is 0.599. The van der Waals surface area contributed by atoms with Crippen molar-refractivity contribution in [2.24, 2.45) is 0 Å². The summed E-state index contributed by atoms with van der Waals surface area (Å²) in [6, 6.07) is 13.4. The second kappa shape index (κ2) is 4.80. The summed E-state index contributed by atoms with van der Waals surface area (Å²) >= 11 is 7.68. The van der Waals surface area contributed by atoms with Gasteiger partial charge in [-0.2, -0.15) is 0 Å². The van der Waals surface area contributed by atoms with E-state index < -0.39 is 0 Å². The normalized spacial score (nSPS) is 10.8. The van der Waals surface area contributed by atoms with E-state index in [4.69, 9.17) is 11.6 Å². The Labute approximate surface area is 120 Å². The van der Waals surface area contributed by atoms with Crippen LogP contribution in [0.15, 0.2) is 47.8 Å². The number of benzene rings is 2. The summed E-state index contributed by atoms with van der Waals surface area (Å²) < 4.78 is 1.13. The monoisotopic (exact) mass is 286 g/mol. The van der Waals surface area contributed by atoms with Crippen LogP contribution in [0.25, 0.3) is 10.1 Å². The lowest BCUT2D eigenvalue weighted by atomic mass is 9.99. The molecule has 1 nitrogen and oxygen atoms in total. The second-order valence-electron chi connectivity index (χ2n) is 4.39. The summed E-state index contributed by atoms with van der Waals surface area (Å²) in [5.41, 5.74) is 2.27. The van der Waals surface area contributed by atoms with E-state index in [9.17, 15) is 4.79 Å². The van der Waals surface area contributed by atoms with Gasteiger partial charge >= 0.3 is 0 Å². The molecule has 3 heteroatoms. The zero-order valence-corrected chi connectivity index (χ0v) is 11.9. The Morgan fingerprint density at radius 1 is 1.05 bits per heavy atom. The predicted octanol–water partition coefficient (Wildman–Crippen LogP) is 5.09. The lowest BCUT2D eigenvalue weighted by Gasteiger charge is -2.05. The first-order chi connectivity index (χ1) is 9.18. The lowest BCUT2D eigenvalue weighted by Crippen LogP contribution is -2.03. The van der Waals surface area contributed by atoms with Crippen molar-refractivity contribution in [2.45, 2.75) is 6.92 Å². The topological polar surface area (TPSA) is 17.1 Å². The smallest absolute Gasteiger partial charge is 0.194 e. The van der Waals surface area contributed by atoms with Crippen molar-refractivity contribution in [1.82, 2.24) is 0 Å². The molecule has 0 amide bonds. The van der Waals surface area contributed by atoms with Crippen LogP contribution in [0.5, 0.6) is 0 Å². The molecule has 19 heavy (non-hydrogen) atoms. The molecule has 1 heterocycles.